The first-order valence-corrected chi connectivity index (χ1v) is 4.51. The quantitative estimate of drug-likeness (QED) is 0.612. The lowest BCUT2D eigenvalue weighted by atomic mass is 9.97. The zero-order chi connectivity index (χ0) is 10.1. The Bertz CT molecular complexity index is 351. The van der Waals surface area contributed by atoms with Crippen molar-refractivity contribution in [2.75, 3.05) is 13.7 Å². The Labute approximate surface area is 82.1 Å². The van der Waals surface area contributed by atoms with Gasteiger partial charge < -0.3 is 20.3 Å². The minimum atomic E-state index is -0.546. The maximum absolute atomic E-state index is 9.78. The molecule has 1 atom stereocenters. The molecule has 1 aliphatic rings. The van der Waals surface area contributed by atoms with Crippen molar-refractivity contribution in [3.05, 3.63) is 23.3 Å². The highest BCUT2D eigenvalue weighted by Crippen LogP contribution is 2.36. The number of aliphatic hydroxyl groups excluding tert-OH is 1. The van der Waals surface area contributed by atoms with E-state index in [-0.39, 0.29) is 5.75 Å². The fourth-order valence-electron chi connectivity index (χ4n) is 1.74. The van der Waals surface area contributed by atoms with E-state index in [1.807, 2.05) is 0 Å². The number of rotatable bonds is 1. The number of aromatic hydroxyl groups is 1. The number of hydrogen-bond acceptors (Lipinski definition) is 4. The monoisotopic (exact) mass is 195 g/mol. The van der Waals surface area contributed by atoms with Gasteiger partial charge in [0.05, 0.1) is 13.2 Å². The summed E-state index contributed by atoms with van der Waals surface area (Å²) in [5.41, 5.74) is 1.50. The van der Waals surface area contributed by atoms with Crippen LogP contribution >= 0.6 is 0 Å². The predicted molar refractivity (Wildman–Crippen MR) is 51.3 cm³/mol. The maximum Gasteiger partial charge on any atom is 0.162 e. The highest BCUT2D eigenvalue weighted by Gasteiger charge is 2.21. The van der Waals surface area contributed by atoms with E-state index >= 15 is 0 Å². The molecule has 0 spiro atoms. The Balaban J connectivity index is 2.52. The Morgan fingerprint density at radius 2 is 2.29 bits per heavy atom. The molecule has 14 heavy (non-hydrogen) atoms. The zero-order valence-corrected chi connectivity index (χ0v) is 7.95. The van der Waals surface area contributed by atoms with Crippen LogP contribution in [0, 0.1) is 0 Å². The molecule has 0 aromatic heterocycles. The lowest BCUT2D eigenvalue weighted by molar-refractivity contribution is 0.163. The number of phenolic OH excluding ortho intramolecular Hbond substituents is 1. The number of β-amino-alcohol motifs (C(OH)–C–C–N with tert-alkyl or cyclic N) is 1. The largest absolute Gasteiger partial charge is 0.504 e. The van der Waals surface area contributed by atoms with E-state index in [1.54, 1.807) is 12.1 Å². The van der Waals surface area contributed by atoms with Gasteiger partial charge in [-0.2, -0.15) is 0 Å². The van der Waals surface area contributed by atoms with Crippen LogP contribution in [0.3, 0.4) is 0 Å². The molecular weight excluding hydrogens is 182 g/mol. The summed E-state index contributed by atoms with van der Waals surface area (Å²) in [6, 6.07) is 3.46. The standard InChI is InChI=1S/C10H13NO3/c1-14-9-3-2-6-7(10(9)13)4-11-5-8(6)12/h2-3,8,11-13H,4-5H2,1H3. The van der Waals surface area contributed by atoms with Crippen LogP contribution in [-0.2, 0) is 6.54 Å². The molecule has 0 bridgehead atoms. The topological polar surface area (TPSA) is 61.7 Å². The van der Waals surface area contributed by atoms with Crippen LogP contribution in [-0.4, -0.2) is 23.9 Å². The Morgan fingerprint density at radius 3 is 3.00 bits per heavy atom. The molecule has 1 unspecified atom stereocenters. The third-order valence-corrected chi connectivity index (χ3v) is 2.50. The average Bonchev–Trinajstić information content (AvgIpc) is 2.20. The van der Waals surface area contributed by atoms with Gasteiger partial charge in [-0.15, -0.1) is 0 Å². The lowest BCUT2D eigenvalue weighted by Gasteiger charge is -2.23. The summed E-state index contributed by atoms with van der Waals surface area (Å²) in [5, 5.41) is 22.4. The van der Waals surface area contributed by atoms with Crippen LogP contribution in [0.2, 0.25) is 0 Å². The highest BCUT2D eigenvalue weighted by molar-refractivity contribution is 5.51. The van der Waals surface area contributed by atoms with E-state index in [0.717, 1.165) is 11.1 Å². The van der Waals surface area contributed by atoms with Crippen molar-refractivity contribution < 1.29 is 14.9 Å². The fourth-order valence-corrected chi connectivity index (χ4v) is 1.74. The van der Waals surface area contributed by atoms with Crippen molar-refractivity contribution in [2.45, 2.75) is 12.6 Å². The van der Waals surface area contributed by atoms with Gasteiger partial charge in [-0.05, 0) is 11.6 Å². The predicted octanol–water partition coefficient (Wildman–Crippen LogP) is 0.537. The number of hydrogen-bond donors (Lipinski definition) is 3. The average molecular weight is 195 g/mol. The van der Waals surface area contributed by atoms with E-state index in [9.17, 15) is 10.2 Å². The first-order valence-electron chi connectivity index (χ1n) is 4.51. The molecule has 76 valence electrons. The molecular formula is C10H13NO3. The van der Waals surface area contributed by atoms with Crippen molar-refractivity contribution in [3.63, 3.8) is 0 Å². The second-order valence-corrected chi connectivity index (χ2v) is 3.33. The van der Waals surface area contributed by atoms with Crippen molar-refractivity contribution in [2.24, 2.45) is 0 Å². The molecule has 4 heteroatoms. The number of benzene rings is 1. The van der Waals surface area contributed by atoms with Gasteiger partial charge in [0.2, 0.25) is 0 Å². The molecule has 0 aliphatic carbocycles. The van der Waals surface area contributed by atoms with Gasteiger partial charge in [0, 0.05) is 18.7 Å². The SMILES string of the molecule is COc1ccc2c(c1O)CNCC2O. The number of methoxy groups -OCH3 is 1. The number of nitrogens with one attached hydrogen (secondary N) is 1. The molecule has 4 nitrogen and oxygen atoms in total. The smallest absolute Gasteiger partial charge is 0.162 e. The van der Waals surface area contributed by atoms with E-state index < -0.39 is 6.10 Å². The third-order valence-electron chi connectivity index (χ3n) is 2.50. The van der Waals surface area contributed by atoms with E-state index in [4.69, 9.17) is 4.74 Å². The normalized spacial score (nSPS) is 20.3. The fraction of sp³-hybridized carbons (Fsp3) is 0.400. The van der Waals surface area contributed by atoms with Crippen LogP contribution in [0.4, 0.5) is 0 Å². The number of ether oxygens (including phenoxy) is 1. The summed E-state index contributed by atoms with van der Waals surface area (Å²) in [4.78, 5) is 0. The van der Waals surface area contributed by atoms with Gasteiger partial charge in [-0.1, -0.05) is 6.07 Å². The molecule has 0 radical (unpaired) electrons. The maximum atomic E-state index is 9.78. The van der Waals surface area contributed by atoms with Crippen molar-refractivity contribution in [1.29, 1.82) is 0 Å². The molecule has 1 aromatic rings. The zero-order valence-electron chi connectivity index (χ0n) is 7.95. The van der Waals surface area contributed by atoms with E-state index in [1.165, 1.54) is 7.11 Å². The van der Waals surface area contributed by atoms with Gasteiger partial charge >= 0.3 is 0 Å². The van der Waals surface area contributed by atoms with Crippen molar-refractivity contribution in [3.8, 4) is 11.5 Å². The van der Waals surface area contributed by atoms with Crippen molar-refractivity contribution >= 4 is 0 Å². The van der Waals surface area contributed by atoms with E-state index in [2.05, 4.69) is 5.32 Å². The summed E-state index contributed by atoms with van der Waals surface area (Å²) in [6.45, 7) is 1.09. The minimum absolute atomic E-state index is 0.122. The number of phenols is 1. The molecule has 0 saturated carbocycles. The Kier molecular flexibility index (Phi) is 2.31. The van der Waals surface area contributed by atoms with Gasteiger partial charge in [-0.3, -0.25) is 0 Å². The first kappa shape index (κ1) is 9.30. The minimum Gasteiger partial charge on any atom is -0.504 e. The summed E-state index contributed by atoms with van der Waals surface area (Å²) >= 11 is 0. The molecule has 3 N–H and O–H groups in total. The molecule has 2 rings (SSSR count). The first-order chi connectivity index (χ1) is 6.74. The molecule has 1 heterocycles. The molecule has 1 aromatic carbocycles. The highest BCUT2D eigenvalue weighted by atomic mass is 16.5. The van der Waals surface area contributed by atoms with Gasteiger partial charge in [0.15, 0.2) is 11.5 Å². The second-order valence-electron chi connectivity index (χ2n) is 3.33. The van der Waals surface area contributed by atoms with Crippen LogP contribution in [0.15, 0.2) is 12.1 Å². The summed E-state index contributed by atoms with van der Waals surface area (Å²) in [7, 11) is 1.51. The third kappa shape index (κ3) is 1.32. The summed E-state index contributed by atoms with van der Waals surface area (Å²) < 4.78 is 4.99. The van der Waals surface area contributed by atoms with Crippen LogP contribution in [0.25, 0.3) is 0 Å². The molecule has 0 saturated heterocycles. The Morgan fingerprint density at radius 1 is 1.50 bits per heavy atom. The molecule has 0 amide bonds. The van der Waals surface area contributed by atoms with Crippen LogP contribution in [0.1, 0.15) is 17.2 Å². The van der Waals surface area contributed by atoms with Crippen LogP contribution in [0.5, 0.6) is 11.5 Å². The van der Waals surface area contributed by atoms with E-state index in [0.29, 0.717) is 18.8 Å². The number of fused-ring (bicyclic) bond motifs is 1. The lowest BCUT2D eigenvalue weighted by Crippen LogP contribution is -2.28. The Hall–Kier alpha value is -1.26. The summed E-state index contributed by atoms with van der Waals surface area (Å²) in [5.74, 6) is 0.566. The van der Waals surface area contributed by atoms with Crippen molar-refractivity contribution in [1.82, 2.24) is 5.32 Å². The van der Waals surface area contributed by atoms with Crippen LogP contribution < -0.4 is 10.1 Å². The van der Waals surface area contributed by atoms with Gasteiger partial charge in [-0.25, -0.2) is 0 Å². The molecule has 0 fully saturated rings. The number of aliphatic hydroxyl groups is 1. The second kappa shape index (κ2) is 3.48. The summed E-state index contributed by atoms with van der Waals surface area (Å²) in [6.07, 6.45) is -0.546. The van der Waals surface area contributed by atoms with Gasteiger partial charge in [0.25, 0.3) is 0 Å². The molecule has 1 aliphatic heterocycles. The van der Waals surface area contributed by atoms with Gasteiger partial charge in [0.1, 0.15) is 0 Å².